The average Bonchev–Trinajstić information content (AvgIpc) is 2.46. The van der Waals surface area contributed by atoms with Gasteiger partial charge in [0.15, 0.2) is 0 Å². The summed E-state index contributed by atoms with van der Waals surface area (Å²) in [6.45, 7) is 2.42. The summed E-state index contributed by atoms with van der Waals surface area (Å²) in [6.07, 6.45) is 1.40. The lowest BCUT2D eigenvalue weighted by Crippen LogP contribution is -2.15. The number of primary sulfonamides is 1. The van der Waals surface area contributed by atoms with Gasteiger partial charge in [0.1, 0.15) is 10.6 Å². The van der Waals surface area contributed by atoms with Gasteiger partial charge in [0.05, 0.1) is 6.61 Å². The van der Waals surface area contributed by atoms with Gasteiger partial charge in [-0.15, -0.1) is 0 Å². The van der Waals surface area contributed by atoms with E-state index < -0.39 is 10.0 Å². The molecule has 0 aliphatic carbocycles. The van der Waals surface area contributed by atoms with E-state index in [1.54, 1.807) is 6.07 Å². The average molecular weight is 305 g/mol. The highest BCUT2D eigenvalue weighted by molar-refractivity contribution is 7.89. The highest BCUT2D eigenvalue weighted by Gasteiger charge is 2.18. The number of nitrogens with two attached hydrogens (primary N) is 1. The smallest absolute Gasteiger partial charge is 0.241 e. The van der Waals surface area contributed by atoms with Crippen LogP contribution < -0.4 is 9.88 Å². The zero-order valence-electron chi connectivity index (χ0n) is 12.0. The van der Waals surface area contributed by atoms with Crippen LogP contribution in [-0.4, -0.2) is 15.0 Å². The molecular formula is C16H19NO3S. The standard InChI is InChI=1S/C16H19NO3S/c1-2-11-20-16-14(12-13-7-4-3-5-8-13)9-6-10-15(16)21(17,18)19/h3-10H,2,11-12H2,1H3,(H2,17,18,19). The van der Waals surface area contributed by atoms with E-state index in [-0.39, 0.29) is 4.90 Å². The Hall–Kier alpha value is -1.85. The largest absolute Gasteiger partial charge is 0.492 e. The fraction of sp³-hybridized carbons (Fsp3) is 0.250. The number of ether oxygens (including phenoxy) is 1. The first-order valence-corrected chi connectivity index (χ1v) is 8.38. The van der Waals surface area contributed by atoms with Crippen LogP contribution in [0.5, 0.6) is 5.75 Å². The molecule has 0 heterocycles. The van der Waals surface area contributed by atoms with E-state index in [1.807, 2.05) is 43.3 Å². The van der Waals surface area contributed by atoms with E-state index in [1.165, 1.54) is 6.07 Å². The van der Waals surface area contributed by atoms with E-state index in [2.05, 4.69) is 0 Å². The van der Waals surface area contributed by atoms with E-state index >= 15 is 0 Å². The van der Waals surface area contributed by atoms with E-state index in [0.29, 0.717) is 18.8 Å². The van der Waals surface area contributed by atoms with Crippen molar-refractivity contribution in [2.24, 2.45) is 5.14 Å². The molecule has 2 aromatic rings. The Balaban J connectivity index is 2.44. The first-order chi connectivity index (χ1) is 10.0. The summed E-state index contributed by atoms with van der Waals surface area (Å²) in [5.74, 6) is 0.366. The summed E-state index contributed by atoms with van der Waals surface area (Å²) in [5.41, 5.74) is 1.91. The topological polar surface area (TPSA) is 69.4 Å². The number of benzene rings is 2. The summed E-state index contributed by atoms with van der Waals surface area (Å²) < 4.78 is 29.1. The van der Waals surface area contributed by atoms with Crippen molar-refractivity contribution in [3.63, 3.8) is 0 Å². The normalized spacial score (nSPS) is 11.3. The van der Waals surface area contributed by atoms with Gasteiger partial charge in [-0.25, -0.2) is 13.6 Å². The Morgan fingerprint density at radius 1 is 1.05 bits per heavy atom. The third kappa shape index (κ3) is 4.06. The van der Waals surface area contributed by atoms with Crippen molar-refractivity contribution in [3.8, 4) is 5.75 Å². The van der Waals surface area contributed by atoms with Crippen molar-refractivity contribution in [3.05, 3.63) is 59.7 Å². The predicted octanol–water partition coefficient (Wildman–Crippen LogP) is 2.71. The molecule has 0 spiro atoms. The maximum Gasteiger partial charge on any atom is 0.241 e. The highest BCUT2D eigenvalue weighted by Crippen LogP contribution is 2.29. The molecule has 0 saturated heterocycles. The minimum Gasteiger partial charge on any atom is -0.492 e. The lowest BCUT2D eigenvalue weighted by atomic mass is 10.0. The van der Waals surface area contributed by atoms with E-state index in [9.17, 15) is 8.42 Å². The summed E-state index contributed by atoms with van der Waals surface area (Å²) in [5, 5.41) is 5.28. The first-order valence-electron chi connectivity index (χ1n) is 6.83. The SMILES string of the molecule is CCCOc1c(Cc2ccccc2)cccc1S(N)(=O)=O. The lowest BCUT2D eigenvalue weighted by molar-refractivity contribution is 0.306. The van der Waals surface area contributed by atoms with Crippen molar-refractivity contribution in [2.75, 3.05) is 6.61 Å². The van der Waals surface area contributed by atoms with Crippen LogP contribution in [0.3, 0.4) is 0 Å². The van der Waals surface area contributed by atoms with Crippen LogP contribution in [0.1, 0.15) is 24.5 Å². The first kappa shape index (κ1) is 15.5. The van der Waals surface area contributed by atoms with Gasteiger partial charge in [-0.2, -0.15) is 0 Å². The molecule has 0 atom stereocenters. The van der Waals surface area contributed by atoms with Crippen LogP contribution in [0.4, 0.5) is 0 Å². The molecule has 2 rings (SSSR count). The molecule has 0 bridgehead atoms. The fourth-order valence-electron chi connectivity index (χ4n) is 2.11. The number of sulfonamides is 1. The summed E-state index contributed by atoms with van der Waals surface area (Å²) in [6, 6.07) is 14.9. The van der Waals surface area contributed by atoms with Crippen LogP contribution in [-0.2, 0) is 16.4 Å². The Bertz CT molecular complexity index is 697. The number of hydrogen-bond acceptors (Lipinski definition) is 3. The third-order valence-electron chi connectivity index (χ3n) is 3.05. The van der Waals surface area contributed by atoms with Gasteiger partial charge in [-0.3, -0.25) is 0 Å². The molecule has 0 aliphatic heterocycles. The van der Waals surface area contributed by atoms with Crippen LogP contribution in [0.2, 0.25) is 0 Å². The molecule has 112 valence electrons. The molecule has 0 amide bonds. The van der Waals surface area contributed by atoms with Gasteiger partial charge in [-0.1, -0.05) is 49.4 Å². The molecule has 21 heavy (non-hydrogen) atoms. The summed E-state index contributed by atoms with van der Waals surface area (Å²) in [4.78, 5) is 0.0457. The maximum absolute atomic E-state index is 11.7. The molecule has 0 unspecified atom stereocenters. The number of rotatable bonds is 6. The van der Waals surface area contributed by atoms with Gasteiger partial charge in [0, 0.05) is 6.42 Å². The van der Waals surface area contributed by atoms with Crippen molar-refractivity contribution in [1.82, 2.24) is 0 Å². The molecule has 0 saturated carbocycles. The monoisotopic (exact) mass is 305 g/mol. The Morgan fingerprint density at radius 3 is 2.38 bits per heavy atom. The zero-order chi connectivity index (χ0) is 15.3. The van der Waals surface area contributed by atoms with Crippen molar-refractivity contribution in [2.45, 2.75) is 24.7 Å². The molecule has 4 nitrogen and oxygen atoms in total. The molecule has 0 radical (unpaired) electrons. The molecule has 0 fully saturated rings. The van der Waals surface area contributed by atoms with Crippen molar-refractivity contribution in [1.29, 1.82) is 0 Å². The van der Waals surface area contributed by atoms with Gasteiger partial charge >= 0.3 is 0 Å². The summed E-state index contributed by atoms with van der Waals surface area (Å²) in [7, 11) is -3.80. The van der Waals surface area contributed by atoms with Crippen LogP contribution in [0.25, 0.3) is 0 Å². The highest BCUT2D eigenvalue weighted by atomic mass is 32.2. The molecule has 0 aromatic heterocycles. The molecule has 0 aliphatic rings. The zero-order valence-corrected chi connectivity index (χ0v) is 12.8. The van der Waals surface area contributed by atoms with Gasteiger partial charge < -0.3 is 4.74 Å². The second-order valence-corrected chi connectivity index (χ2v) is 6.33. The quantitative estimate of drug-likeness (QED) is 0.892. The second-order valence-electron chi connectivity index (χ2n) is 4.80. The number of hydrogen-bond donors (Lipinski definition) is 1. The summed E-state index contributed by atoms with van der Waals surface area (Å²) >= 11 is 0. The van der Waals surface area contributed by atoms with Crippen LogP contribution in [0, 0.1) is 0 Å². The maximum atomic E-state index is 11.7. The van der Waals surface area contributed by atoms with E-state index in [4.69, 9.17) is 9.88 Å². The van der Waals surface area contributed by atoms with E-state index in [0.717, 1.165) is 17.5 Å². The van der Waals surface area contributed by atoms with Gasteiger partial charge in [0.2, 0.25) is 10.0 Å². The second kappa shape index (κ2) is 6.74. The predicted molar refractivity (Wildman–Crippen MR) is 82.8 cm³/mol. The van der Waals surface area contributed by atoms with Crippen molar-refractivity contribution < 1.29 is 13.2 Å². The van der Waals surface area contributed by atoms with Crippen LogP contribution in [0.15, 0.2) is 53.4 Å². The fourth-order valence-corrected chi connectivity index (χ4v) is 2.82. The Labute approximate surface area is 125 Å². The number of para-hydroxylation sites is 1. The lowest BCUT2D eigenvalue weighted by Gasteiger charge is -2.14. The van der Waals surface area contributed by atoms with Crippen LogP contribution >= 0.6 is 0 Å². The molecular weight excluding hydrogens is 286 g/mol. The molecule has 5 heteroatoms. The van der Waals surface area contributed by atoms with Gasteiger partial charge in [0.25, 0.3) is 0 Å². The Morgan fingerprint density at radius 2 is 1.76 bits per heavy atom. The minimum absolute atomic E-state index is 0.0457. The third-order valence-corrected chi connectivity index (χ3v) is 3.99. The molecule has 2 aromatic carbocycles. The van der Waals surface area contributed by atoms with Gasteiger partial charge in [-0.05, 0) is 23.6 Å². The van der Waals surface area contributed by atoms with Crippen molar-refractivity contribution >= 4 is 10.0 Å². The minimum atomic E-state index is -3.80. The molecule has 2 N–H and O–H groups in total. The Kier molecular flexibility index (Phi) is 4.98.